The molecule has 0 saturated carbocycles. The number of fused-ring (bicyclic) bond motifs is 1. The molecule has 0 aliphatic carbocycles. The molecule has 23 heavy (non-hydrogen) atoms. The molecule has 120 valence electrons. The van der Waals surface area contributed by atoms with E-state index in [0.717, 1.165) is 24.9 Å². The number of nitrogens with zero attached hydrogens (tertiary/aromatic N) is 3. The molecular formula is C18H21N3O2. The van der Waals surface area contributed by atoms with Crippen molar-refractivity contribution in [1.82, 2.24) is 9.78 Å². The second kappa shape index (κ2) is 6.36. The molecule has 2 heterocycles. The van der Waals surface area contributed by atoms with E-state index in [1.165, 1.54) is 27.9 Å². The van der Waals surface area contributed by atoms with Crippen LogP contribution in [0.2, 0.25) is 0 Å². The van der Waals surface area contributed by atoms with Crippen LogP contribution in [-0.2, 0) is 13.0 Å². The van der Waals surface area contributed by atoms with Crippen molar-refractivity contribution in [2.45, 2.75) is 39.7 Å². The van der Waals surface area contributed by atoms with Crippen molar-refractivity contribution < 1.29 is 4.79 Å². The van der Waals surface area contributed by atoms with Crippen LogP contribution < -0.4 is 10.5 Å². The zero-order chi connectivity index (χ0) is 16.4. The average molecular weight is 311 g/mol. The van der Waals surface area contributed by atoms with Crippen LogP contribution in [0.1, 0.15) is 41.4 Å². The Balaban J connectivity index is 1.96. The lowest BCUT2D eigenvalue weighted by molar-refractivity contribution is 0.0977. The van der Waals surface area contributed by atoms with Gasteiger partial charge in [-0.25, -0.2) is 4.68 Å². The molecule has 1 aromatic carbocycles. The molecule has 0 saturated heterocycles. The number of carbonyl (C=O) groups excluding carboxylic acids is 1. The SMILES string of the molecule is CCCn1nc(C(=O)N2CCCc3cc(C)ccc32)ccc1=O. The summed E-state index contributed by atoms with van der Waals surface area (Å²) in [5, 5.41) is 4.24. The molecule has 5 heteroatoms. The Bertz CT molecular complexity index is 795. The van der Waals surface area contributed by atoms with E-state index in [0.29, 0.717) is 18.8 Å². The van der Waals surface area contributed by atoms with Gasteiger partial charge in [0.1, 0.15) is 5.69 Å². The van der Waals surface area contributed by atoms with Crippen molar-refractivity contribution in [3.63, 3.8) is 0 Å². The average Bonchev–Trinajstić information content (AvgIpc) is 2.55. The zero-order valence-corrected chi connectivity index (χ0v) is 13.6. The minimum Gasteiger partial charge on any atom is -0.307 e. The van der Waals surface area contributed by atoms with Crippen LogP contribution in [0, 0.1) is 6.92 Å². The highest BCUT2D eigenvalue weighted by atomic mass is 16.2. The maximum absolute atomic E-state index is 12.9. The molecule has 0 bridgehead atoms. The van der Waals surface area contributed by atoms with Crippen molar-refractivity contribution in [2.24, 2.45) is 0 Å². The monoisotopic (exact) mass is 311 g/mol. The number of carbonyl (C=O) groups is 1. The summed E-state index contributed by atoms with van der Waals surface area (Å²) in [6.07, 6.45) is 2.73. The Morgan fingerprint density at radius 1 is 1.26 bits per heavy atom. The number of aromatic nitrogens is 2. The van der Waals surface area contributed by atoms with Gasteiger partial charge < -0.3 is 4.90 Å². The van der Waals surface area contributed by atoms with Crippen molar-refractivity contribution in [3.05, 3.63) is 57.5 Å². The van der Waals surface area contributed by atoms with Crippen LogP contribution in [0.4, 0.5) is 5.69 Å². The first-order valence-corrected chi connectivity index (χ1v) is 8.09. The quantitative estimate of drug-likeness (QED) is 0.875. The molecule has 3 rings (SSSR count). The summed E-state index contributed by atoms with van der Waals surface area (Å²) >= 11 is 0. The summed E-state index contributed by atoms with van der Waals surface area (Å²) < 4.78 is 1.37. The third-order valence-electron chi connectivity index (χ3n) is 4.12. The zero-order valence-electron chi connectivity index (χ0n) is 13.6. The standard InChI is InChI=1S/C18H21N3O2/c1-3-10-21-17(22)9-7-15(19-21)18(23)20-11-4-5-14-12-13(2)6-8-16(14)20/h6-9,12H,3-5,10-11H2,1-2H3. The number of hydrogen-bond acceptors (Lipinski definition) is 3. The topological polar surface area (TPSA) is 55.2 Å². The first-order chi connectivity index (χ1) is 11.1. The van der Waals surface area contributed by atoms with E-state index in [4.69, 9.17) is 0 Å². The van der Waals surface area contributed by atoms with Crippen LogP contribution in [0.3, 0.4) is 0 Å². The predicted octanol–water partition coefficient (Wildman–Crippen LogP) is 2.55. The fourth-order valence-corrected chi connectivity index (χ4v) is 3.01. The van der Waals surface area contributed by atoms with Crippen LogP contribution in [0.5, 0.6) is 0 Å². The third kappa shape index (κ3) is 3.04. The summed E-state index contributed by atoms with van der Waals surface area (Å²) in [6, 6.07) is 9.12. The second-order valence-corrected chi connectivity index (χ2v) is 5.97. The highest BCUT2D eigenvalue weighted by Crippen LogP contribution is 2.28. The first kappa shape index (κ1) is 15.5. The van der Waals surface area contributed by atoms with Gasteiger partial charge >= 0.3 is 0 Å². The molecule has 1 aromatic heterocycles. The lowest BCUT2D eigenvalue weighted by atomic mass is 9.99. The van der Waals surface area contributed by atoms with Crippen LogP contribution in [0.15, 0.2) is 35.1 Å². The second-order valence-electron chi connectivity index (χ2n) is 5.97. The van der Waals surface area contributed by atoms with Crippen LogP contribution in [0.25, 0.3) is 0 Å². The Morgan fingerprint density at radius 2 is 2.09 bits per heavy atom. The highest BCUT2D eigenvalue weighted by Gasteiger charge is 2.24. The van der Waals surface area contributed by atoms with E-state index in [9.17, 15) is 9.59 Å². The Labute approximate surface area is 135 Å². The van der Waals surface area contributed by atoms with Crippen molar-refractivity contribution >= 4 is 11.6 Å². The van der Waals surface area contributed by atoms with Gasteiger partial charge in [0.05, 0.1) is 0 Å². The van der Waals surface area contributed by atoms with Gasteiger partial charge in [-0.2, -0.15) is 5.10 Å². The van der Waals surface area contributed by atoms with Gasteiger partial charge in [-0.15, -0.1) is 0 Å². The van der Waals surface area contributed by atoms with E-state index in [-0.39, 0.29) is 11.5 Å². The Kier molecular flexibility index (Phi) is 4.28. The summed E-state index contributed by atoms with van der Waals surface area (Å²) in [6.45, 7) is 5.24. The number of aryl methyl sites for hydroxylation is 3. The fourth-order valence-electron chi connectivity index (χ4n) is 3.01. The van der Waals surface area contributed by atoms with Gasteiger partial charge in [0.25, 0.3) is 11.5 Å². The molecule has 0 atom stereocenters. The highest BCUT2D eigenvalue weighted by molar-refractivity contribution is 6.05. The number of anilines is 1. The van der Waals surface area contributed by atoms with E-state index >= 15 is 0 Å². The smallest absolute Gasteiger partial charge is 0.278 e. The molecule has 1 aliphatic rings. The van der Waals surface area contributed by atoms with Gasteiger partial charge in [0, 0.05) is 24.8 Å². The minimum atomic E-state index is -0.168. The normalized spacial score (nSPS) is 13.7. The lowest BCUT2D eigenvalue weighted by Gasteiger charge is -2.29. The molecule has 0 unspecified atom stereocenters. The number of rotatable bonds is 3. The molecule has 2 aromatic rings. The molecule has 0 radical (unpaired) electrons. The van der Waals surface area contributed by atoms with Gasteiger partial charge in [-0.05, 0) is 43.9 Å². The molecule has 0 spiro atoms. The lowest BCUT2D eigenvalue weighted by Crippen LogP contribution is -2.37. The summed E-state index contributed by atoms with van der Waals surface area (Å²) in [5.74, 6) is -0.139. The fraction of sp³-hybridized carbons (Fsp3) is 0.389. The first-order valence-electron chi connectivity index (χ1n) is 8.09. The van der Waals surface area contributed by atoms with Gasteiger partial charge in [0.2, 0.25) is 0 Å². The number of benzene rings is 1. The maximum Gasteiger partial charge on any atom is 0.278 e. The Hall–Kier alpha value is -2.43. The van der Waals surface area contributed by atoms with Crippen LogP contribution >= 0.6 is 0 Å². The van der Waals surface area contributed by atoms with E-state index in [1.54, 1.807) is 4.90 Å². The summed E-state index contributed by atoms with van der Waals surface area (Å²) in [5.41, 5.74) is 3.52. The van der Waals surface area contributed by atoms with E-state index < -0.39 is 0 Å². The number of hydrogen-bond donors (Lipinski definition) is 0. The molecule has 1 amide bonds. The van der Waals surface area contributed by atoms with Crippen molar-refractivity contribution in [2.75, 3.05) is 11.4 Å². The molecule has 0 fully saturated rings. The maximum atomic E-state index is 12.9. The van der Waals surface area contributed by atoms with E-state index in [2.05, 4.69) is 18.1 Å². The predicted molar refractivity (Wildman–Crippen MR) is 90.0 cm³/mol. The molecule has 0 N–H and O–H groups in total. The van der Waals surface area contributed by atoms with Gasteiger partial charge in [0.15, 0.2) is 0 Å². The van der Waals surface area contributed by atoms with E-state index in [1.807, 2.05) is 19.1 Å². The van der Waals surface area contributed by atoms with Crippen LogP contribution in [-0.4, -0.2) is 22.2 Å². The summed E-state index contributed by atoms with van der Waals surface area (Å²) in [4.78, 5) is 26.4. The van der Waals surface area contributed by atoms with Crippen molar-refractivity contribution in [3.8, 4) is 0 Å². The van der Waals surface area contributed by atoms with Crippen molar-refractivity contribution in [1.29, 1.82) is 0 Å². The van der Waals surface area contributed by atoms with Gasteiger partial charge in [-0.3, -0.25) is 9.59 Å². The molecule has 1 aliphatic heterocycles. The molecular weight excluding hydrogens is 290 g/mol. The largest absolute Gasteiger partial charge is 0.307 e. The molecule has 5 nitrogen and oxygen atoms in total. The minimum absolute atomic E-state index is 0.139. The summed E-state index contributed by atoms with van der Waals surface area (Å²) in [7, 11) is 0. The number of amides is 1. The Morgan fingerprint density at radius 3 is 2.87 bits per heavy atom. The third-order valence-corrected chi connectivity index (χ3v) is 4.12. The van der Waals surface area contributed by atoms with Gasteiger partial charge in [-0.1, -0.05) is 24.6 Å².